The molecule has 29 heavy (non-hydrogen) atoms. The van der Waals surface area contributed by atoms with Crippen LogP contribution in [0.3, 0.4) is 0 Å². The lowest BCUT2D eigenvalue weighted by molar-refractivity contribution is -0.123. The van der Waals surface area contributed by atoms with E-state index in [1.165, 1.54) is 32.1 Å². The lowest BCUT2D eigenvalue weighted by Gasteiger charge is -2.44. The molecule has 160 valence electrons. The highest BCUT2D eigenvalue weighted by Gasteiger charge is 2.36. The summed E-state index contributed by atoms with van der Waals surface area (Å²) in [6, 6.07) is 5.24. The summed E-state index contributed by atoms with van der Waals surface area (Å²) >= 11 is 0. The van der Waals surface area contributed by atoms with E-state index in [2.05, 4.69) is 5.32 Å². The van der Waals surface area contributed by atoms with Gasteiger partial charge in [0.15, 0.2) is 18.1 Å². The van der Waals surface area contributed by atoms with E-state index in [4.69, 9.17) is 9.47 Å². The van der Waals surface area contributed by atoms with Crippen molar-refractivity contribution in [2.24, 2.45) is 5.41 Å². The lowest BCUT2D eigenvalue weighted by Crippen LogP contribution is -2.43. The van der Waals surface area contributed by atoms with Crippen molar-refractivity contribution in [3.63, 3.8) is 0 Å². The van der Waals surface area contributed by atoms with Gasteiger partial charge in [-0.3, -0.25) is 9.59 Å². The number of carbonyl (C=O) groups is 2. The maximum atomic E-state index is 13.0. The Hall–Kier alpha value is -2.24. The predicted octanol–water partition coefficient (Wildman–Crippen LogP) is 3.79. The quantitative estimate of drug-likeness (QED) is 0.786. The highest BCUT2D eigenvalue weighted by molar-refractivity contribution is 5.95. The average molecular weight is 403 g/mol. The minimum atomic E-state index is -0.188. The van der Waals surface area contributed by atoms with Crippen LogP contribution in [0.2, 0.25) is 0 Å². The molecule has 0 atom stereocenters. The molecule has 3 rings (SSSR count). The molecule has 0 radical (unpaired) electrons. The van der Waals surface area contributed by atoms with Crippen LogP contribution >= 0.6 is 0 Å². The molecule has 1 saturated carbocycles. The molecule has 0 aromatic heterocycles. The van der Waals surface area contributed by atoms with E-state index in [1.807, 2.05) is 18.7 Å². The molecular formula is C23H34N2O4. The van der Waals surface area contributed by atoms with Gasteiger partial charge in [-0.15, -0.1) is 0 Å². The molecule has 1 aromatic carbocycles. The summed E-state index contributed by atoms with van der Waals surface area (Å²) in [5, 5.41) is 2.78. The number of nitrogens with one attached hydrogen (secondary N) is 1. The number of piperidine rings is 1. The molecule has 2 amide bonds. The zero-order valence-corrected chi connectivity index (χ0v) is 18.0. The number of likely N-dealkylation sites (tertiary alicyclic amines) is 1. The van der Waals surface area contributed by atoms with Gasteiger partial charge in [0.05, 0.1) is 7.11 Å². The van der Waals surface area contributed by atoms with Crippen LogP contribution in [0.4, 0.5) is 0 Å². The van der Waals surface area contributed by atoms with Crippen molar-refractivity contribution in [1.29, 1.82) is 0 Å². The standard InChI is InChI=1S/C23H34N2O4/c1-17(2)24-21(26)16-29-19-8-7-18(15-20(19)28-3)22(27)25-13-11-23(12-14-25)9-5-4-6-10-23/h7-8,15,17H,4-6,9-14,16H2,1-3H3,(H,24,26). The summed E-state index contributed by atoms with van der Waals surface area (Å²) in [5.41, 5.74) is 1.07. The minimum absolute atomic E-state index is 0.0399. The van der Waals surface area contributed by atoms with Crippen LogP contribution in [0, 0.1) is 5.41 Å². The molecule has 2 fully saturated rings. The maximum absolute atomic E-state index is 13.0. The van der Waals surface area contributed by atoms with Crippen LogP contribution in [0.5, 0.6) is 11.5 Å². The van der Waals surface area contributed by atoms with Gasteiger partial charge in [-0.25, -0.2) is 0 Å². The predicted molar refractivity (Wildman–Crippen MR) is 112 cm³/mol. The molecule has 0 bridgehead atoms. The van der Waals surface area contributed by atoms with E-state index in [0.29, 0.717) is 22.5 Å². The summed E-state index contributed by atoms with van der Waals surface area (Å²) in [6.45, 7) is 5.37. The van der Waals surface area contributed by atoms with E-state index in [9.17, 15) is 9.59 Å². The van der Waals surface area contributed by atoms with Gasteiger partial charge in [0, 0.05) is 24.7 Å². The van der Waals surface area contributed by atoms with Crippen molar-refractivity contribution in [1.82, 2.24) is 10.2 Å². The number of amides is 2. The smallest absolute Gasteiger partial charge is 0.258 e. The van der Waals surface area contributed by atoms with Crippen molar-refractivity contribution < 1.29 is 19.1 Å². The van der Waals surface area contributed by atoms with Gasteiger partial charge in [-0.2, -0.15) is 0 Å². The largest absolute Gasteiger partial charge is 0.493 e. The lowest BCUT2D eigenvalue weighted by atomic mass is 9.68. The van der Waals surface area contributed by atoms with Crippen molar-refractivity contribution in [3.05, 3.63) is 23.8 Å². The Morgan fingerprint density at radius 1 is 1.07 bits per heavy atom. The minimum Gasteiger partial charge on any atom is -0.493 e. The Balaban J connectivity index is 1.60. The topological polar surface area (TPSA) is 67.9 Å². The summed E-state index contributed by atoms with van der Waals surface area (Å²) in [7, 11) is 1.54. The number of nitrogens with zero attached hydrogens (tertiary/aromatic N) is 1. The molecule has 0 unspecified atom stereocenters. The first kappa shape index (κ1) is 21.5. The Bertz CT molecular complexity index is 716. The van der Waals surface area contributed by atoms with Gasteiger partial charge in [-0.05, 0) is 63.1 Å². The Labute approximate surface area is 173 Å². The van der Waals surface area contributed by atoms with Crippen LogP contribution in [0.15, 0.2) is 18.2 Å². The molecular weight excluding hydrogens is 368 g/mol. The van der Waals surface area contributed by atoms with Gasteiger partial charge in [-0.1, -0.05) is 19.3 Å². The molecule has 6 heteroatoms. The van der Waals surface area contributed by atoms with E-state index in [-0.39, 0.29) is 24.5 Å². The van der Waals surface area contributed by atoms with Crippen LogP contribution in [-0.4, -0.2) is 49.6 Å². The van der Waals surface area contributed by atoms with E-state index in [1.54, 1.807) is 25.3 Å². The fourth-order valence-corrected chi connectivity index (χ4v) is 4.60. The third-order valence-electron chi connectivity index (χ3n) is 6.24. The van der Waals surface area contributed by atoms with Crippen LogP contribution in [0.1, 0.15) is 69.2 Å². The molecule has 1 aliphatic carbocycles. The molecule has 2 aliphatic rings. The number of methoxy groups -OCH3 is 1. The molecule has 6 nitrogen and oxygen atoms in total. The van der Waals surface area contributed by atoms with Crippen LogP contribution < -0.4 is 14.8 Å². The highest BCUT2D eigenvalue weighted by Crippen LogP contribution is 2.44. The summed E-state index contributed by atoms with van der Waals surface area (Å²) in [4.78, 5) is 26.8. The third-order valence-corrected chi connectivity index (χ3v) is 6.24. The average Bonchev–Trinajstić information content (AvgIpc) is 2.72. The van der Waals surface area contributed by atoms with Crippen molar-refractivity contribution in [2.45, 2.75) is 64.8 Å². The second-order valence-corrected chi connectivity index (χ2v) is 8.73. The van der Waals surface area contributed by atoms with Gasteiger partial charge < -0.3 is 19.7 Å². The Morgan fingerprint density at radius 3 is 2.38 bits per heavy atom. The first-order valence-electron chi connectivity index (χ1n) is 10.8. The molecule has 1 heterocycles. The van der Waals surface area contributed by atoms with Crippen molar-refractivity contribution in [2.75, 3.05) is 26.8 Å². The molecule has 1 aromatic rings. The van der Waals surface area contributed by atoms with Crippen LogP contribution in [0.25, 0.3) is 0 Å². The van der Waals surface area contributed by atoms with Gasteiger partial charge in [0.2, 0.25) is 0 Å². The number of rotatable bonds is 6. The van der Waals surface area contributed by atoms with Gasteiger partial charge in [0.1, 0.15) is 0 Å². The first-order valence-corrected chi connectivity index (χ1v) is 10.8. The van der Waals surface area contributed by atoms with Crippen molar-refractivity contribution >= 4 is 11.8 Å². The van der Waals surface area contributed by atoms with Crippen LogP contribution in [-0.2, 0) is 4.79 Å². The number of hydrogen-bond donors (Lipinski definition) is 1. The van der Waals surface area contributed by atoms with E-state index in [0.717, 1.165) is 25.9 Å². The summed E-state index contributed by atoms with van der Waals surface area (Å²) in [6.07, 6.45) is 8.89. The summed E-state index contributed by atoms with van der Waals surface area (Å²) < 4.78 is 11.0. The monoisotopic (exact) mass is 402 g/mol. The molecule has 1 saturated heterocycles. The SMILES string of the molecule is COc1cc(C(=O)N2CCC3(CCCCC3)CC2)ccc1OCC(=O)NC(C)C. The number of ether oxygens (including phenoxy) is 2. The number of benzene rings is 1. The fourth-order valence-electron chi connectivity index (χ4n) is 4.60. The highest BCUT2D eigenvalue weighted by atomic mass is 16.5. The molecule has 1 N–H and O–H groups in total. The Morgan fingerprint density at radius 2 is 1.76 bits per heavy atom. The van der Waals surface area contributed by atoms with E-state index < -0.39 is 0 Å². The normalized spacial score (nSPS) is 18.6. The first-order chi connectivity index (χ1) is 13.9. The van der Waals surface area contributed by atoms with Gasteiger partial charge in [0.25, 0.3) is 11.8 Å². The summed E-state index contributed by atoms with van der Waals surface area (Å²) in [5.74, 6) is 0.780. The zero-order chi connectivity index (χ0) is 20.9. The second-order valence-electron chi connectivity index (χ2n) is 8.73. The third kappa shape index (κ3) is 5.43. The second kappa shape index (κ2) is 9.51. The Kier molecular flexibility index (Phi) is 7.04. The zero-order valence-electron chi connectivity index (χ0n) is 18.0. The number of carbonyl (C=O) groups excluding carboxylic acids is 2. The van der Waals surface area contributed by atoms with Gasteiger partial charge >= 0.3 is 0 Å². The fraction of sp³-hybridized carbons (Fsp3) is 0.652. The molecule has 1 spiro atoms. The number of hydrogen-bond acceptors (Lipinski definition) is 4. The maximum Gasteiger partial charge on any atom is 0.258 e. The van der Waals surface area contributed by atoms with Crippen molar-refractivity contribution in [3.8, 4) is 11.5 Å². The molecule has 1 aliphatic heterocycles. The van der Waals surface area contributed by atoms with E-state index >= 15 is 0 Å².